The molecular formula is C9H14ClNO3S. The molecule has 6 heteroatoms. The Balaban J connectivity index is 2.47. The summed E-state index contributed by atoms with van der Waals surface area (Å²) in [6.45, 7) is 3.57. The molecule has 0 aliphatic carbocycles. The van der Waals surface area contributed by atoms with E-state index in [-0.39, 0.29) is 6.61 Å². The van der Waals surface area contributed by atoms with Gasteiger partial charge in [0, 0.05) is 0 Å². The van der Waals surface area contributed by atoms with Crippen molar-refractivity contribution in [1.82, 2.24) is 5.48 Å². The molecule has 0 amide bonds. The van der Waals surface area contributed by atoms with Crippen LogP contribution in [0.5, 0.6) is 0 Å². The number of nitrogens with one attached hydrogen (secondary N) is 1. The highest BCUT2D eigenvalue weighted by atomic mass is 35.5. The summed E-state index contributed by atoms with van der Waals surface area (Å²) in [5.74, 6) is 0. The first-order valence-electron chi connectivity index (χ1n) is 4.49. The van der Waals surface area contributed by atoms with Gasteiger partial charge in [-0.2, -0.15) is 5.48 Å². The molecule has 15 heavy (non-hydrogen) atoms. The van der Waals surface area contributed by atoms with Gasteiger partial charge in [-0.1, -0.05) is 11.6 Å². The second-order valence-corrected chi connectivity index (χ2v) is 4.57. The number of hydrogen-bond acceptors (Lipinski definition) is 5. The first kappa shape index (κ1) is 12.9. The van der Waals surface area contributed by atoms with Gasteiger partial charge in [-0.25, -0.2) is 0 Å². The third kappa shape index (κ3) is 3.71. The Kier molecular flexibility index (Phi) is 4.98. The van der Waals surface area contributed by atoms with Crippen molar-refractivity contribution in [2.45, 2.75) is 26.2 Å². The van der Waals surface area contributed by atoms with Gasteiger partial charge in [0.1, 0.15) is 0 Å². The third-order valence-corrected chi connectivity index (χ3v) is 3.46. The van der Waals surface area contributed by atoms with E-state index >= 15 is 0 Å². The molecule has 1 unspecified atom stereocenters. The highest BCUT2D eigenvalue weighted by Gasteiger charge is 2.15. The van der Waals surface area contributed by atoms with E-state index in [2.05, 4.69) is 5.48 Å². The van der Waals surface area contributed by atoms with Crippen molar-refractivity contribution in [3.05, 3.63) is 20.8 Å². The van der Waals surface area contributed by atoms with Crippen LogP contribution in [0.2, 0.25) is 5.02 Å². The van der Waals surface area contributed by atoms with Crippen molar-refractivity contribution in [1.29, 1.82) is 0 Å². The summed E-state index contributed by atoms with van der Waals surface area (Å²) in [6.07, 6.45) is -1.54. The van der Waals surface area contributed by atoms with Gasteiger partial charge in [-0.3, -0.25) is 4.84 Å². The van der Waals surface area contributed by atoms with Gasteiger partial charge >= 0.3 is 0 Å². The number of hydrogen-bond donors (Lipinski definition) is 3. The molecule has 0 saturated carbocycles. The monoisotopic (exact) mass is 251 g/mol. The van der Waals surface area contributed by atoms with Crippen molar-refractivity contribution in [3.8, 4) is 0 Å². The summed E-state index contributed by atoms with van der Waals surface area (Å²) in [7, 11) is 0. The molecule has 0 aliphatic rings. The van der Waals surface area contributed by atoms with E-state index in [1.165, 1.54) is 11.3 Å². The van der Waals surface area contributed by atoms with E-state index in [0.717, 1.165) is 5.56 Å². The lowest BCUT2D eigenvalue weighted by Crippen LogP contribution is -2.25. The van der Waals surface area contributed by atoms with Gasteiger partial charge < -0.3 is 10.2 Å². The molecule has 0 spiro atoms. The standard InChI is InChI=1S/C9H14ClNO3S/c1-5-4-15-8(7(5)10)9(13)11-14-3-6(2)12/h4,6,9,11-13H,3H2,1-2H3/t6-,9?/m0/s1. The van der Waals surface area contributed by atoms with Crippen LogP contribution in [-0.4, -0.2) is 22.9 Å². The maximum absolute atomic E-state index is 9.64. The van der Waals surface area contributed by atoms with Gasteiger partial charge in [0.2, 0.25) is 0 Å². The molecule has 0 saturated heterocycles. The lowest BCUT2D eigenvalue weighted by molar-refractivity contribution is -0.0810. The van der Waals surface area contributed by atoms with Crippen LogP contribution in [0, 0.1) is 6.92 Å². The van der Waals surface area contributed by atoms with Gasteiger partial charge in [0.25, 0.3) is 0 Å². The maximum Gasteiger partial charge on any atom is 0.163 e. The first-order chi connectivity index (χ1) is 7.02. The van der Waals surface area contributed by atoms with E-state index in [1.54, 1.807) is 6.92 Å². The molecule has 2 atom stereocenters. The largest absolute Gasteiger partial charge is 0.391 e. The van der Waals surface area contributed by atoms with Gasteiger partial charge in [0.15, 0.2) is 6.23 Å². The molecule has 86 valence electrons. The second kappa shape index (κ2) is 5.79. The Hall–Kier alpha value is -0.170. The molecule has 0 radical (unpaired) electrons. The minimum atomic E-state index is -0.963. The number of halogens is 1. The number of aliphatic hydroxyl groups excluding tert-OH is 2. The first-order valence-corrected chi connectivity index (χ1v) is 5.75. The lowest BCUT2D eigenvalue weighted by Gasteiger charge is -2.12. The van der Waals surface area contributed by atoms with E-state index in [4.69, 9.17) is 21.5 Å². The Labute approximate surface area is 97.4 Å². The van der Waals surface area contributed by atoms with Gasteiger partial charge in [-0.15, -0.1) is 11.3 Å². The number of rotatable bonds is 5. The van der Waals surface area contributed by atoms with Crippen molar-refractivity contribution < 1.29 is 15.1 Å². The predicted octanol–water partition coefficient (Wildman–Crippen LogP) is 1.60. The van der Waals surface area contributed by atoms with Crippen LogP contribution < -0.4 is 5.48 Å². The zero-order valence-corrected chi connectivity index (χ0v) is 10.1. The average molecular weight is 252 g/mol. The van der Waals surface area contributed by atoms with Crippen LogP contribution in [0.15, 0.2) is 5.38 Å². The zero-order valence-electron chi connectivity index (χ0n) is 8.53. The smallest absolute Gasteiger partial charge is 0.163 e. The minimum Gasteiger partial charge on any atom is -0.391 e. The maximum atomic E-state index is 9.64. The molecule has 1 aromatic heterocycles. The Bertz CT molecular complexity index is 316. The van der Waals surface area contributed by atoms with E-state index in [0.29, 0.717) is 9.90 Å². The fourth-order valence-corrected chi connectivity index (χ4v) is 2.15. The van der Waals surface area contributed by atoms with E-state index < -0.39 is 12.3 Å². The topological polar surface area (TPSA) is 61.7 Å². The van der Waals surface area contributed by atoms with Crippen molar-refractivity contribution in [2.24, 2.45) is 0 Å². The molecule has 1 heterocycles. The molecule has 0 aromatic carbocycles. The quantitative estimate of drug-likeness (QED) is 0.550. The van der Waals surface area contributed by atoms with Crippen molar-refractivity contribution in [3.63, 3.8) is 0 Å². The molecular weight excluding hydrogens is 238 g/mol. The summed E-state index contributed by atoms with van der Waals surface area (Å²) in [6, 6.07) is 0. The van der Waals surface area contributed by atoms with Crippen LogP contribution in [-0.2, 0) is 4.84 Å². The van der Waals surface area contributed by atoms with Crippen LogP contribution in [0.1, 0.15) is 23.6 Å². The van der Waals surface area contributed by atoms with Crippen molar-refractivity contribution in [2.75, 3.05) is 6.61 Å². The zero-order chi connectivity index (χ0) is 11.4. The number of aliphatic hydroxyl groups is 2. The molecule has 0 aliphatic heterocycles. The van der Waals surface area contributed by atoms with Crippen LogP contribution >= 0.6 is 22.9 Å². The number of thiophene rings is 1. The molecule has 3 N–H and O–H groups in total. The highest BCUT2D eigenvalue weighted by Crippen LogP contribution is 2.31. The highest BCUT2D eigenvalue weighted by molar-refractivity contribution is 7.10. The third-order valence-electron chi connectivity index (χ3n) is 1.69. The van der Waals surface area contributed by atoms with Crippen LogP contribution in [0.4, 0.5) is 0 Å². The Morgan fingerprint density at radius 1 is 1.60 bits per heavy atom. The van der Waals surface area contributed by atoms with Crippen LogP contribution in [0.25, 0.3) is 0 Å². The fraction of sp³-hybridized carbons (Fsp3) is 0.556. The molecule has 1 rings (SSSR count). The summed E-state index contributed by atoms with van der Waals surface area (Å²) in [5.41, 5.74) is 3.33. The van der Waals surface area contributed by atoms with E-state index in [1.807, 2.05) is 12.3 Å². The SMILES string of the molecule is Cc1csc(C(O)NOC[C@H](C)O)c1Cl. The van der Waals surface area contributed by atoms with Crippen molar-refractivity contribution >= 4 is 22.9 Å². The van der Waals surface area contributed by atoms with E-state index in [9.17, 15) is 5.11 Å². The molecule has 1 aromatic rings. The summed E-state index contributed by atoms with van der Waals surface area (Å²) in [5, 5.41) is 21.0. The summed E-state index contributed by atoms with van der Waals surface area (Å²) >= 11 is 7.31. The molecule has 0 fully saturated rings. The minimum absolute atomic E-state index is 0.110. The Morgan fingerprint density at radius 3 is 2.73 bits per heavy atom. The average Bonchev–Trinajstić information content (AvgIpc) is 2.47. The van der Waals surface area contributed by atoms with Gasteiger partial charge in [-0.05, 0) is 24.8 Å². The fourth-order valence-electron chi connectivity index (χ4n) is 0.935. The Morgan fingerprint density at radius 2 is 2.27 bits per heavy atom. The molecule has 4 nitrogen and oxygen atoms in total. The number of aryl methyl sites for hydroxylation is 1. The predicted molar refractivity (Wildman–Crippen MR) is 59.8 cm³/mol. The number of hydroxylamine groups is 1. The summed E-state index contributed by atoms with van der Waals surface area (Å²) < 4.78 is 0. The lowest BCUT2D eigenvalue weighted by atomic mass is 10.3. The molecule has 0 bridgehead atoms. The normalized spacial score (nSPS) is 15.3. The summed E-state index contributed by atoms with van der Waals surface area (Å²) in [4.78, 5) is 5.48. The van der Waals surface area contributed by atoms with Crippen LogP contribution in [0.3, 0.4) is 0 Å². The second-order valence-electron chi connectivity index (χ2n) is 3.28. The van der Waals surface area contributed by atoms with Gasteiger partial charge in [0.05, 0.1) is 22.6 Å².